The van der Waals surface area contributed by atoms with Crippen LogP contribution in [0.2, 0.25) is 0 Å². The number of likely N-dealkylation sites (tertiary alicyclic amines) is 1. The number of nitrogens with one attached hydrogen (secondary N) is 1. The fraction of sp³-hybridized carbons (Fsp3) is 0.500. The number of hydrogen-bond donors (Lipinski definition) is 1. The predicted molar refractivity (Wildman–Crippen MR) is 77.9 cm³/mol. The van der Waals surface area contributed by atoms with E-state index >= 15 is 0 Å². The van der Waals surface area contributed by atoms with Crippen molar-refractivity contribution in [2.24, 2.45) is 5.92 Å². The lowest BCUT2D eigenvalue weighted by atomic mass is 10.1. The van der Waals surface area contributed by atoms with Gasteiger partial charge in [-0.1, -0.05) is 44.2 Å². The molecule has 2 amide bonds. The predicted octanol–water partition coefficient (Wildman–Crippen LogP) is 1.95. The molecule has 1 heterocycles. The molecule has 0 saturated carbocycles. The molecule has 1 aromatic carbocycles. The van der Waals surface area contributed by atoms with Crippen LogP contribution in [0.25, 0.3) is 0 Å². The second-order valence-electron chi connectivity index (χ2n) is 5.55. The van der Waals surface area contributed by atoms with Crippen molar-refractivity contribution in [1.29, 1.82) is 0 Å². The zero-order valence-electron chi connectivity index (χ0n) is 12.1. The topological polar surface area (TPSA) is 49.4 Å². The fourth-order valence-corrected chi connectivity index (χ4v) is 2.54. The number of amides is 2. The minimum Gasteiger partial charge on any atom is -0.350 e. The monoisotopic (exact) mass is 274 g/mol. The highest BCUT2D eigenvalue weighted by Crippen LogP contribution is 2.20. The van der Waals surface area contributed by atoms with Gasteiger partial charge in [0.15, 0.2) is 0 Å². The first-order valence-corrected chi connectivity index (χ1v) is 7.21. The molecule has 1 N–H and O–H groups in total. The van der Waals surface area contributed by atoms with Crippen LogP contribution >= 0.6 is 0 Å². The first kappa shape index (κ1) is 14.6. The van der Waals surface area contributed by atoms with E-state index in [4.69, 9.17) is 0 Å². The molecule has 4 heteroatoms. The Morgan fingerprint density at radius 2 is 2.00 bits per heavy atom. The lowest BCUT2D eigenvalue weighted by molar-refractivity contribution is -0.140. The zero-order chi connectivity index (χ0) is 14.5. The molecule has 2 rings (SSSR count). The van der Waals surface area contributed by atoms with Crippen LogP contribution in [0.3, 0.4) is 0 Å². The standard InChI is InChI=1S/C16H22N2O2/c1-12(2)16(20)18-10-6-9-14(18)15(19)17-11-13-7-4-3-5-8-13/h3-5,7-8,12,14H,6,9-11H2,1-2H3,(H,17,19)/t14-/m1/s1. The lowest BCUT2D eigenvalue weighted by Gasteiger charge is -2.25. The Morgan fingerprint density at radius 1 is 1.30 bits per heavy atom. The largest absolute Gasteiger partial charge is 0.350 e. The Bertz CT molecular complexity index is 471. The van der Waals surface area contributed by atoms with Gasteiger partial charge in [0.1, 0.15) is 6.04 Å². The smallest absolute Gasteiger partial charge is 0.243 e. The molecule has 1 aliphatic heterocycles. The van der Waals surface area contributed by atoms with E-state index in [0.717, 1.165) is 18.4 Å². The lowest BCUT2D eigenvalue weighted by Crippen LogP contribution is -2.47. The SMILES string of the molecule is CC(C)C(=O)N1CCC[C@@H]1C(=O)NCc1ccccc1. The van der Waals surface area contributed by atoms with Crippen molar-refractivity contribution >= 4 is 11.8 Å². The van der Waals surface area contributed by atoms with Gasteiger partial charge in [-0.3, -0.25) is 9.59 Å². The molecule has 0 unspecified atom stereocenters. The zero-order valence-corrected chi connectivity index (χ0v) is 12.1. The van der Waals surface area contributed by atoms with E-state index < -0.39 is 0 Å². The fourth-order valence-electron chi connectivity index (χ4n) is 2.54. The van der Waals surface area contributed by atoms with E-state index in [1.165, 1.54) is 0 Å². The van der Waals surface area contributed by atoms with Crippen LogP contribution in [0.4, 0.5) is 0 Å². The van der Waals surface area contributed by atoms with Crippen LogP contribution < -0.4 is 5.32 Å². The summed E-state index contributed by atoms with van der Waals surface area (Å²) in [6, 6.07) is 9.51. The summed E-state index contributed by atoms with van der Waals surface area (Å²) in [7, 11) is 0. The van der Waals surface area contributed by atoms with E-state index in [9.17, 15) is 9.59 Å². The Labute approximate surface area is 120 Å². The number of carbonyl (C=O) groups excluding carboxylic acids is 2. The van der Waals surface area contributed by atoms with E-state index in [2.05, 4.69) is 5.32 Å². The molecule has 0 bridgehead atoms. The highest BCUT2D eigenvalue weighted by molar-refractivity contribution is 5.88. The molecule has 0 aliphatic carbocycles. The summed E-state index contributed by atoms with van der Waals surface area (Å²) in [6.07, 6.45) is 1.67. The average molecular weight is 274 g/mol. The van der Waals surface area contributed by atoms with Gasteiger partial charge in [0.25, 0.3) is 0 Å². The third kappa shape index (κ3) is 3.38. The number of carbonyl (C=O) groups is 2. The van der Waals surface area contributed by atoms with Crippen LogP contribution in [0.1, 0.15) is 32.3 Å². The van der Waals surface area contributed by atoms with Gasteiger partial charge in [0.2, 0.25) is 11.8 Å². The molecule has 1 fully saturated rings. The van der Waals surface area contributed by atoms with Crippen molar-refractivity contribution in [3.63, 3.8) is 0 Å². The number of benzene rings is 1. The highest BCUT2D eigenvalue weighted by Gasteiger charge is 2.34. The first-order chi connectivity index (χ1) is 9.59. The van der Waals surface area contributed by atoms with Crippen LogP contribution in [0, 0.1) is 5.92 Å². The molecule has 1 aromatic rings. The average Bonchev–Trinajstić information content (AvgIpc) is 2.94. The van der Waals surface area contributed by atoms with Crippen molar-refractivity contribution in [2.75, 3.05) is 6.54 Å². The van der Waals surface area contributed by atoms with E-state index in [1.54, 1.807) is 4.90 Å². The van der Waals surface area contributed by atoms with E-state index in [0.29, 0.717) is 13.1 Å². The summed E-state index contributed by atoms with van der Waals surface area (Å²) in [6.45, 7) is 4.96. The van der Waals surface area contributed by atoms with Gasteiger partial charge in [-0.25, -0.2) is 0 Å². The summed E-state index contributed by atoms with van der Waals surface area (Å²) < 4.78 is 0. The second-order valence-corrected chi connectivity index (χ2v) is 5.55. The summed E-state index contributed by atoms with van der Waals surface area (Å²) >= 11 is 0. The van der Waals surface area contributed by atoms with Crippen LogP contribution in [-0.4, -0.2) is 29.3 Å². The minimum atomic E-state index is -0.298. The summed E-state index contributed by atoms with van der Waals surface area (Å²) in [5.41, 5.74) is 1.07. The summed E-state index contributed by atoms with van der Waals surface area (Å²) in [4.78, 5) is 26.1. The Morgan fingerprint density at radius 3 is 2.65 bits per heavy atom. The molecular formula is C16H22N2O2. The normalized spacial score (nSPS) is 18.4. The van der Waals surface area contributed by atoms with Crippen LogP contribution in [0.5, 0.6) is 0 Å². The third-order valence-corrected chi connectivity index (χ3v) is 3.64. The number of hydrogen-bond acceptors (Lipinski definition) is 2. The van der Waals surface area contributed by atoms with Gasteiger partial charge in [-0.05, 0) is 18.4 Å². The maximum atomic E-state index is 12.3. The van der Waals surface area contributed by atoms with Gasteiger partial charge in [-0.2, -0.15) is 0 Å². The quantitative estimate of drug-likeness (QED) is 0.912. The van der Waals surface area contributed by atoms with E-state index in [1.807, 2.05) is 44.2 Å². The Hall–Kier alpha value is -1.84. The molecule has 0 aromatic heterocycles. The molecule has 108 valence electrons. The number of rotatable bonds is 4. The molecule has 1 aliphatic rings. The summed E-state index contributed by atoms with van der Waals surface area (Å²) in [5.74, 6) is -0.0276. The molecule has 0 radical (unpaired) electrons. The highest BCUT2D eigenvalue weighted by atomic mass is 16.2. The molecule has 1 atom stereocenters. The van der Waals surface area contributed by atoms with Gasteiger partial charge < -0.3 is 10.2 Å². The minimum absolute atomic E-state index is 0.0413. The maximum absolute atomic E-state index is 12.3. The maximum Gasteiger partial charge on any atom is 0.243 e. The van der Waals surface area contributed by atoms with Gasteiger partial charge >= 0.3 is 0 Å². The summed E-state index contributed by atoms with van der Waals surface area (Å²) in [5, 5.41) is 2.93. The van der Waals surface area contributed by atoms with Crippen molar-refractivity contribution in [3.05, 3.63) is 35.9 Å². The van der Waals surface area contributed by atoms with Gasteiger partial charge in [0.05, 0.1) is 0 Å². The van der Waals surface area contributed by atoms with Crippen LogP contribution in [0.15, 0.2) is 30.3 Å². The van der Waals surface area contributed by atoms with Crippen molar-refractivity contribution in [2.45, 2.75) is 39.3 Å². The van der Waals surface area contributed by atoms with Crippen LogP contribution in [-0.2, 0) is 16.1 Å². The molecule has 0 spiro atoms. The molecular weight excluding hydrogens is 252 g/mol. The molecule has 4 nitrogen and oxygen atoms in total. The Balaban J connectivity index is 1.93. The third-order valence-electron chi connectivity index (χ3n) is 3.64. The van der Waals surface area contributed by atoms with Crippen molar-refractivity contribution in [1.82, 2.24) is 10.2 Å². The Kier molecular flexibility index (Phi) is 4.77. The van der Waals surface area contributed by atoms with E-state index in [-0.39, 0.29) is 23.8 Å². The first-order valence-electron chi connectivity index (χ1n) is 7.21. The van der Waals surface area contributed by atoms with Gasteiger partial charge in [0, 0.05) is 19.0 Å². The van der Waals surface area contributed by atoms with Gasteiger partial charge in [-0.15, -0.1) is 0 Å². The second kappa shape index (κ2) is 6.55. The number of nitrogens with zero attached hydrogens (tertiary/aromatic N) is 1. The van der Waals surface area contributed by atoms with Crippen molar-refractivity contribution < 1.29 is 9.59 Å². The molecule has 20 heavy (non-hydrogen) atoms. The van der Waals surface area contributed by atoms with Crippen molar-refractivity contribution in [3.8, 4) is 0 Å². The molecule has 1 saturated heterocycles.